The average molecular weight is 420 g/mol. The molecule has 2 aromatic carbocycles. The fourth-order valence-electron chi connectivity index (χ4n) is 4.25. The zero-order valence-electron chi connectivity index (χ0n) is 17.6. The van der Waals surface area contributed by atoms with Crippen molar-refractivity contribution in [2.75, 3.05) is 18.2 Å². The third-order valence-electron chi connectivity index (χ3n) is 5.91. The van der Waals surface area contributed by atoms with Crippen LogP contribution in [0.4, 0.5) is 5.69 Å². The van der Waals surface area contributed by atoms with Crippen LogP contribution >= 0.6 is 0 Å². The predicted molar refractivity (Wildman–Crippen MR) is 114 cm³/mol. The van der Waals surface area contributed by atoms with E-state index in [0.717, 1.165) is 34.6 Å². The highest BCUT2D eigenvalue weighted by Gasteiger charge is 2.40. The van der Waals surface area contributed by atoms with Gasteiger partial charge in [-0.05, 0) is 36.1 Å². The third kappa shape index (κ3) is 3.60. The van der Waals surface area contributed by atoms with Gasteiger partial charge in [0.2, 0.25) is 5.91 Å². The molecule has 1 atom stereocenters. The lowest BCUT2D eigenvalue weighted by Gasteiger charge is -2.23. The van der Waals surface area contributed by atoms with Crippen molar-refractivity contribution in [1.82, 2.24) is 4.90 Å². The van der Waals surface area contributed by atoms with Crippen molar-refractivity contribution < 1.29 is 23.9 Å². The number of esters is 1. The fraction of sp³-hybridized carbons (Fsp3) is 0.333. The van der Waals surface area contributed by atoms with E-state index in [-0.39, 0.29) is 18.9 Å². The summed E-state index contributed by atoms with van der Waals surface area (Å²) < 4.78 is 5.29. The predicted octanol–water partition coefficient (Wildman–Crippen LogP) is 2.96. The number of nitrogens with zero attached hydrogens (tertiary/aromatic N) is 2. The molecule has 31 heavy (non-hydrogen) atoms. The molecular weight excluding hydrogens is 396 g/mol. The van der Waals surface area contributed by atoms with E-state index in [9.17, 15) is 19.2 Å². The average Bonchev–Trinajstić information content (AvgIpc) is 3.29. The Kier molecular flexibility index (Phi) is 5.59. The maximum absolute atomic E-state index is 12.7. The Morgan fingerprint density at radius 2 is 1.52 bits per heavy atom. The van der Waals surface area contributed by atoms with Crippen LogP contribution in [0.2, 0.25) is 0 Å². The van der Waals surface area contributed by atoms with Crippen molar-refractivity contribution in [3.8, 4) is 0 Å². The van der Waals surface area contributed by atoms with E-state index in [2.05, 4.69) is 0 Å². The normalized spacial score (nSPS) is 18.0. The molecular formula is C24H24N2O5. The Morgan fingerprint density at radius 1 is 0.935 bits per heavy atom. The molecule has 0 aliphatic carbocycles. The molecule has 1 fully saturated rings. The molecule has 2 aromatic rings. The molecule has 0 spiro atoms. The van der Waals surface area contributed by atoms with Crippen LogP contribution in [0.25, 0.3) is 0 Å². The van der Waals surface area contributed by atoms with Crippen molar-refractivity contribution >= 4 is 29.4 Å². The minimum absolute atomic E-state index is 0.0438. The van der Waals surface area contributed by atoms with Crippen LogP contribution < -0.4 is 4.90 Å². The zero-order chi connectivity index (χ0) is 22.1. The molecule has 7 nitrogen and oxygen atoms in total. The number of carbonyl (C=O) groups excluding carboxylic acids is 4. The molecule has 0 radical (unpaired) electrons. The van der Waals surface area contributed by atoms with E-state index in [1.54, 1.807) is 29.2 Å². The van der Waals surface area contributed by atoms with Crippen LogP contribution in [0.15, 0.2) is 42.5 Å². The molecule has 1 saturated heterocycles. The Balaban J connectivity index is 1.44. The minimum atomic E-state index is -0.641. The number of anilines is 1. The number of hydrogen-bond acceptors (Lipinski definition) is 5. The van der Waals surface area contributed by atoms with Crippen molar-refractivity contribution in [2.24, 2.45) is 5.92 Å². The monoisotopic (exact) mass is 420 g/mol. The van der Waals surface area contributed by atoms with Gasteiger partial charge in [-0.3, -0.25) is 19.2 Å². The summed E-state index contributed by atoms with van der Waals surface area (Å²) in [5.41, 5.74) is 3.61. The number of rotatable bonds is 6. The summed E-state index contributed by atoms with van der Waals surface area (Å²) in [6.45, 7) is 3.84. The van der Waals surface area contributed by atoms with Gasteiger partial charge in [0.15, 0.2) is 6.73 Å². The lowest BCUT2D eigenvalue weighted by Crippen LogP contribution is -2.35. The number of hydrogen-bond donors (Lipinski definition) is 0. The topological polar surface area (TPSA) is 84.0 Å². The van der Waals surface area contributed by atoms with Gasteiger partial charge in [-0.1, -0.05) is 44.2 Å². The number of aryl methyl sites for hydroxylation is 2. The van der Waals surface area contributed by atoms with Crippen molar-refractivity contribution in [3.05, 3.63) is 64.7 Å². The lowest BCUT2D eigenvalue weighted by molar-refractivity contribution is -0.151. The first-order chi connectivity index (χ1) is 15.0. The summed E-state index contributed by atoms with van der Waals surface area (Å²) in [4.78, 5) is 52.8. The number of carbonyl (C=O) groups is 4. The zero-order valence-corrected chi connectivity index (χ0v) is 17.6. The van der Waals surface area contributed by atoms with Gasteiger partial charge in [0.25, 0.3) is 11.8 Å². The molecule has 160 valence electrons. The summed E-state index contributed by atoms with van der Waals surface area (Å²) in [5, 5.41) is 0. The van der Waals surface area contributed by atoms with E-state index < -0.39 is 30.4 Å². The van der Waals surface area contributed by atoms with Gasteiger partial charge in [0, 0.05) is 18.7 Å². The summed E-state index contributed by atoms with van der Waals surface area (Å²) in [5.74, 6) is -2.32. The van der Waals surface area contributed by atoms with Crippen LogP contribution in [0.5, 0.6) is 0 Å². The maximum Gasteiger partial charge on any atom is 0.313 e. The highest BCUT2D eigenvalue weighted by atomic mass is 16.5. The minimum Gasteiger partial charge on any atom is -0.443 e. The molecule has 2 aliphatic rings. The standard InChI is InChI=1S/C24H24N2O5/c1-3-15-8-7-9-16(4-2)21(15)25-13-17(12-20(25)27)24(30)31-14-26-22(28)18-10-5-6-11-19(18)23(26)29/h5-11,17H,3-4,12-14H2,1-2H3/t17-/m1/s1. The first-order valence-electron chi connectivity index (χ1n) is 10.5. The van der Waals surface area contributed by atoms with Crippen molar-refractivity contribution in [2.45, 2.75) is 33.1 Å². The van der Waals surface area contributed by atoms with E-state index >= 15 is 0 Å². The summed E-state index contributed by atoms with van der Waals surface area (Å²) in [7, 11) is 0. The van der Waals surface area contributed by atoms with Gasteiger partial charge in [-0.2, -0.15) is 0 Å². The fourth-order valence-corrected chi connectivity index (χ4v) is 4.25. The van der Waals surface area contributed by atoms with Crippen molar-refractivity contribution in [1.29, 1.82) is 0 Å². The van der Waals surface area contributed by atoms with E-state index in [1.807, 2.05) is 32.0 Å². The van der Waals surface area contributed by atoms with Gasteiger partial charge in [0.1, 0.15) is 0 Å². The highest BCUT2D eigenvalue weighted by molar-refractivity contribution is 6.21. The van der Waals surface area contributed by atoms with Gasteiger partial charge >= 0.3 is 5.97 Å². The van der Waals surface area contributed by atoms with E-state index in [4.69, 9.17) is 4.74 Å². The number of para-hydroxylation sites is 1. The second-order valence-electron chi connectivity index (χ2n) is 7.71. The van der Waals surface area contributed by atoms with Crippen LogP contribution in [-0.2, 0) is 27.2 Å². The van der Waals surface area contributed by atoms with Crippen LogP contribution in [0.3, 0.4) is 0 Å². The number of benzene rings is 2. The van der Waals surface area contributed by atoms with Crippen LogP contribution in [-0.4, -0.2) is 41.9 Å². The Labute approximate surface area is 180 Å². The summed E-state index contributed by atoms with van der Waals surface area (Å²) in [6, 6.07) is 12.5. The quantitative estimate of drug-likeness (QED) is 0.530. The molecule has 2 heterocycles. The smallest absolute Gasteiger partial charge is 0.313 e. The summed E-state index contributed by atoms with van der Waals surface area (Å²) in [6.07, 6.45) is 1.60. The number of imide groups is 1. The molecule has 2 aliphatic heterocycles. The molecule has 0 bridgehead atoms. The number of ether oxygens (including phenoxy) is 1. The SMILES string of the molecule is CCc1cccc(CC)c1N1C[C@H](C(=O)OCN2C(=O)c3ccccc3C2=O)CC1=O. The second kappa shape index (κ2) is 8.34. The Bertz CT molecular complexity index is 1020. The lowest BCUT2D eigenvalue weighted by atomic mass is 10.0. The molecule has 0 N–H and O–H groups in total. The van der Waals surface area contributed by atoms with Gasteiger partial charge in [-0.25, -0.2) is 4.90 Å². The Morgan fingerprint density at radius 3 is 2.06 bits per heavy atom. The van der Waals surface area contributed by atoms with E-state index in [0.29, 0.717) is 11.1 Å². The largest absolute Gasteiger partial charge is 0.443 e. The molecule has 4 rings (SSSR count). The van der Waals surface area contributed by atoms with Crippen molar-refractivity contribution in [3.63, 3.8) is 0 Å². The van der Waals surface area contributed by atoms with Gasteiger partial charge in [0.05, 0.1) is 17.0 Å². The van der Waals surface area contributed by atoms with Crippen LogP contribution in [0.1, 0.15) is 52.1 Å². The third-order valence-corrected chi connectivity index (χ3v) is 5.91. The first kappa shape index (κ1) is 20.8. The second-order valence-corrected chi connectivity index (χ2v) is 7.71. The first-order valence-corrected chi connectivity index (χ1v) is 10.5. The number of amides is 3. The molecule has 0 unspecified atom stereocenters. The molecule has 0 aromatic heterocycles. The number of fused-ring (bicyclic) bond motifs is 1. The van der Waals surface area contributed by atoms with E-state index in [1.165, 1.54) is 0 Å². The molecule has 0 saturated carbocycles. The van der Waals surface area contributed by atoms with Gasteiger partial charge in [-0.15, -0.1) is 0 Å². The summed E-state index contributed by atoms with van der Waals surface area (Å²) >= 11 is 0. The maximum atomic E-state index is 12.7. The molecule has 7 heteroatoms. The molecule has 3 amide bonds. The van der Waals surface area contributed by atoms with Crippen LogP contribution in [0, 0.1) is 5.92 Å². The Hall–Kier alpha value is -3.48. The highest BCUT2D eigenvalue weighted by Crippen LogP contribution is 2.33. The van der Waals surface area contributed by atoms with Gasteiger partial charge < -0.3 is 9.64 Å².